The van der Waals surface area contributed by atoms with Crippen molar-refractivity contribution in [3.05, 3.63) is 88.0 Å². The van der Waals surface area contributed by atoms with E-state index in [-0.39, 0.29) is 11.4 Å². The number of anilines is 2. The quantitative estimate of drug-likeness (QED) is 0.676. The van der Waals surface area contributed by atoms with Crippen molar-refractivity contribution in [3.63, 3.8) is 0 Å². The first kappa shape index (κ1) is 17.2. The number of carbonyl (C=O) groups is 2. The number of carbonyl (C=O) groups excluding carboxylic acids is 2. The van der Waals surface area contributed by atoms with E-state index in [2.05, 4.69) is 5.32 Å². The third kappa shape index (κ3) is 3.04. The first-order valence-corrected chi connectivity index (χ1v) is 9.19. The standard InChI is InChI=1S/C21H15FN2O2S/c1-13-6-2-3-9-16(13)23-19-18(17-10-5-11-27-17)20(25)24(21(19)26)15-8-4-7-14(22)12-15/h2-12,23H,1H3. The Morgan fingerprint density at radius 2 is 1.78 bits per heavy atom. The summed E-state index contributed by atoms with van der Waals surface area (Å²) in [7, 11) is 0. The highest BCUT2D eigenvalue weighted by Gasteiger charge is 2.40. The number of hydrogen-bond acceptors (Lipinski definition) is 4. The van der Waals surface area contributed by atoms with Crippen LogP contribution in [0.15, 0.2) is 71.7 Å². The molecule has 4 rings (SSSR count). The number of amides is 2. The molecule has 0 atom stereocenters. The lowest BCUT2D eigenvalue weighted by molar-refractivity contribution is -0.120. The predicted octanol–water partition coefficient (Wildman–Crippen LogP) is 4.59. The van der Waals surface area contributed by atoms with Crippen LogP contribution >= 0.6 is 11.3 Å². The normalized spacial score (nSPS) is 14.2. The summed E-state index contributed by atoms with van der Waals surface area (Å²) in [5, 5.41) is 4.97. The number of benzene rings is 2. The molecule has 0 bridgehead atoms. The van der Waals surface area contributed by atoms with Crippen LogP contribution in [0.2, 0.25) is 0 Å². The fourth-order valence-corrected chi connectivity index (χ4v) is 3.76. The Hall–Kier alpha value is -3.25. The highest BCUT2D eigenvalue weighted by Crippen LogP contribution is 2.35. The van der Waals surface area contributed by atoms with E-state index in [1.54, 1.807) is 12.1 Å². The molecule has 134 valence electrons. The number of para-hydroxylation sites is 1. The number of aryl methyl sites for hydroxylation is 1. The molecule has 0 saturated heterocycles. The molecule has 1 aliphatic heterocycles. The van der Waals surface area contributed by atoms with Gasteiger partial charge in [0.05, 0.1) is 11.3 Å². The summed E-state index contributed by atoms with van der Waals surface area (Å²) < 4.78 is 13.7. The minimum absolute atomic E-state index is 0.195. The fraction of sp³-hybridized carbons (Fsp3) is 0.0476. The average molecular weight is 378 g/mol. The highest BCUT2D eigenvalue weighted by atomic mass is 32.1. The Balaban J connectivity index is 1.82. The fourth-order valence-electron chi connectivity index (χ4n) is 2.99. The first-order valence-electron chi connectivity index (χ1n) is 8.31. The van der Waals surface area contributed by atoms with Crippen LogP contribution in [0.5, 0.6) is 0 Å². The van der Waals surface area contributed by atoms with Crippen LogP contribution in [0.3, 0.4) is 0 Å². The van der Waals surface area contributed by atoms with Gasteiger partial charge in [-0.3, -0.25) is 9.59 Å². The highest BCUT2D eigenvalue weighted by molar-refractivity contribution is 7.11. The topological polar surface area (TPSA) is 49.4 Å². The van der Waals surface area contributed by atoms with E-state index in [1.807, 2.05) is 42.6 Å². The van der Waals surface area contributed by atoms with Crippen molar-refractivity contribution in [2.24, 2.45) is 0 Å². The zero-order valence-corrected chi connectivity index (χ0v) is 15.2. The lowest BCUT2D eigenvalue weighted by Crippen LogP contribution is -2.32. The number of imide groups is 1. The molecule has 0 radical (unpaired) electrons. The number of thiophene rings is 1. The van der Waals surface area contributed by atoms with Crippen LogP contribution in [0, 0.1) is 12.7 Å². The molecule has 2 aromatic carbocycles. The molecule has 2 amide bonds. The molecule has 1 aliphatic rings. The van der Waals surface area contributed by atoms with Crippen molar-refractivity contribution in [3.8, 4) is 0 Å². The smallest absolute Gasteiger partial charge is 0.282 e. The van der Waals surface area contributed by atoms with Crippen LogP contribution in [0.4, 0.5) is 15.8 Å². The van der Waals surface area contributed by atoms with Gasteiger partial charge in [-0.25, -0.2) is 9.29 Å². The van der Waals surface area contributed by atoms with E-state index >= 15 is 0 Å². The van der Waals surface area contributed by atoms with Crippen molar-refractivity contribution < 1.29 is 14.0 Å². The van der Waals surface area contributed by atoms with Crippen LogP contribution in [0.25, 0.3) is 5.57 Å². The largest absolute Gasteiger partial charge is 0.350 e. The molecule has 0 saturated carbocycles. The summed E-state index contributed by atoms with van der Waals surface area (Å²) >= 11 is 1.37. The lowest BCUT2D eigenvalue weighted by Gasteiger charge is -2.15. The van der Waals surface area contributed by atoms with Gasteiger partial charge in [0, 0.05) is 10.6 Å². The van der Waals surface area contributed by atoms with Crippen LogP contribution in [0.1, 0.15) is 10.4 Å². The Morgan fingerprint density at radius 1 is 0.963 bits per heavy atom. The van der Waals surface area contributed by atoms with Gasteiger partial charge in [0.2, 0.25) is 0 Å². The van der Waals surface area contributed by atoms with Crippen molar-refractivity contribution >= 4 is 40.1 Å². The maximum Gasteiger partial charge on any atom is 0.282 e. The SMILES string of the molecule is Cc1ccccc1NC1=C(c2cccs2)C(=O)N(c2cccc(F)c2)C1=O. The summed E-state index contributed by atoms with van der Waals surface area (Å²) in [6.07, 6.45) is 0. The molecule has 0 unspecified atom stereocenters. The molecule has 1 aromatic heterocycles. The zero-order chi connectivity index (χ0) is 19.0. The number of hydrogen-bond donors (Lipinski definition) is 1. The summed E-state index contributed by atoms with van der Waals surface area (Å²) in [5.41, 5.74) is 2.38. The molecule has 6 heteroatoms. The number of rotatable bonds is 4. The molecule has 1 N–H and O–H groups in total. The molecule has 0 fully saturated rings. The summed E-state index contributed by atoms with van der Waals surface area (Å²) in [5.74, 6) is -1.48. The van der Waals surface area contributed by atoms with Crippen LogP contribution in [-0.4, -0.2) is 11.8 Å². The molecular weight excluding hydrogens is 363 g/mol. The van der Waals surface area contributed by atoms with Gasteiger partial charge < -0.3 is 5.32 Å². The van der Waals surface area contributed by atoms with Crippen LogP contribution < -0.4 is 10.2 Å². The molecule has 3 aromatic rings. The maximum atomic E-state index is 13.7. The van der Waals surface area contributed by atoms with Gasteiger partial charge >= 0.3 is 0 Å². The van der Waals surface area contributed by atoms with Crippen molar-refractivity contribution in [1.29, 1.82) is 0 Å². The van der Waals surface area contributed by atoms with E-state index in [4.69, 9.17) is 0 Å². The van der Waals surface area contributed by atoms with Gasteiger partial charge in [-0.2, -0.15) is 0 Å². The molecule has 2 heterocycles. The van der Waals surface area contributed by atoms with Gasteiger partial charge in [-0.15, -0.1) is 11.3 Å². The van der Waals surface area contributed by atoms with Gasteiger partial charge in [0.25, 0.3) is 11.8 Å². The minimum atomic E-state index is -0.508. The van der Waals surface area contributed by atoms with Crippen molar-refractivity contribution in [2.45, 2.75) is 6.92 Å². The molecule has 4 nitrogen and oxygen atoms in total. The van der Waals surface area contributed by atoms with E-state index in [1.165, 1.54) is 29.5 Å². The van der Waals surface area contributed by atoms with Crippen molar-refractivity contribution in [2.75, 3.05) is 10.2 Å². The third-order valence-corrected chi connectivity index (χ3v) is 5.21. The van der Waals surface area contributed by atoms with E-state index in [0.717, 1.165) is 16.2 Å². The van der Waals surface area contributed by atoms with Gasteiger partial charge in [0.1, 0.15) is 11.5 Å². The number of nitrogens with one attached hydrogen (secondary N) is 1. The molecular formula is C21H15FN2O2S. The van der Waals surface area contributed by atoms with Gasteiger partial charge in [-0.05, 0) is 48.2 Å². The second-order valence-electron chi connectivity index (χ2n) is 6.09. The van der Waals surface area contributed by atoms with E-state index in [0.29, 0.717) is 10.5 Å². The molecule has 0 spiro atoms. The second-order valence-corrected chi connectivity index (χ2v) is 7.04. The number of nitrogens with zero attached hydrogens (tertiary/aromatic N) is 1. The molecule has 27 heavy (non-hydrogen) atoms. The first-order chi connectivity index (χ1) is 13.1. The van der Waals surface area contributed by atoms with E-state index in [9.17, 15) is 14.0 Å². The zero-order valence-electron chi connectivity index (χ0n) is 14.4. The Morgan fingerprint density at radius 3 is 2.48 bits per heavy atom. The summed E-state index contributed by atoms with van der Waals surface area (Å²) in [4.78, 5) is 27.9. The summed E-state index contributed by atoms with van der Waals surface area (Å²) in [6.45, 7) is 1.92. The minimum Gasteiger partial charge on any atom is -0.350 e. The Labute approximate surface area is 159 Å². The van der Waals surface area contributed by atoms with E-state index < -0.39 is 17.6 Å². The average Bonchev–Trinajstić information content (AvgIpc) is 3.24. The second kappa shape index (κ2) is 6.81. The monoisotopic (exact) mass is 378 g/mol. The maximum absolute atomic E-state index is 13.7. The Kier molecular flexibility index (Phi) is 4.33. The predicted molar refractivity (Wildman–Crippen MR) is 105 cm³/mol. The third-order valence-electron chi connectivity index (χ3n) is 4.32. The van der Waals surface area contributed by atoms with Gasteiger partial charge in [-0.1, -0.05) is 30.3 Å². The lowest BCUT2D eigenvalue weighted by atomic mass is 10.1. The Bertz CT molecular complexity index is 1070. The van der Waals surface area contributed by atoms with Crippen LogP contribution in [-0.2, 0) is 9.59 Å². The van der Waals surface area contributed by atoms with Gasteiger partial charge in [0.15, 0.2) is 0 Å². The van der Waals surface area contributed by atoms with Crippen molar-refractivity contribution in [1.82, 2.24) is 0 Å². The molecule has 0 aliphatic carbocycles. The number of halogens is 1. The summed E-state index contributed by atoms with van der Waals surface area (Å²) in [6, 6.07) is 16.6.